The number of methoxy groups -OCH3 is 3. The van der Waals surface area contributed by atoms with Gasteiger partial charge in [0, 0.05) is 12.4 Å². The molecule has 0 saturated carbocycles. The number of aromatic nitrogens is 1. The Morgan fingerprint density at radius 3 is 2.38 bits per heavy atom. The van der Waals surface area contributed by atoms with Gasteiger partial charge in [-0.25, -0.2) is 4.79 Å². The molecule has 4 aromatic rings. The second-order valence-electron chi connectivity index (χ2n) is 9.49. The van der Waals surface area contributed by atoms with Crippen LogP contribution >= 0.6 is 0 Å². The highest BCUT2D eigenvalue weighted by Gasteiger charge is 2.27. The lowest BCUT2D eigenvalue weighted by Crippen LogP contribution is -2.22. The van der Waals surface area contributed by atoms with Gasteiger partial charge in [-0.1, -0.05) is 6.07 Å². The Morgan fingerprint density at radius 1 is 0.952 bits per heavy atom. The molecule has 42 heavy (non-hydrogen) atoms. The van der Waals surface area contributed by atoms with E-state index in [1.807, 2.05) is 37.3 Å². The molecule has 1 aliphatic carbocycles. The Balaban J connectivity index is 1.49. The Labute approximate surface area is 243 Å². The largest absolute Gasteiger partial charge is 0.497 e. The van der Waals surface area contributed by atoms with Crippen LogP contribution in [0.4, 0.5) is 0 Å². The van der Waals surface area contributed by atoms with Crippen LogP contribution in [-0.4, -0.2) is 38.2 Å². The standard InChI is InChI=1S/C33H30N2O7/c1-20-26(13-21-14-29(39-3)32(30(15-21)40-4)42-33(37)22-7-5-11-34-18-22)25-10-9-23(38-2)16-28(25)27(20)17-31(36)35-19-24-8-6-12-41-24/h5-16,18H,17,19H2,1-4H3,(H,35,36). The molecule has 5 rings (SSSR count). The third-order valence-corrected chi connectivity index (χ3v) is 6.96. The van der Waals surface area contributed by atoms with Crippen LogP contribution in [0.5, 0.6) is 23.0 Å². The molecule has 0 unspecified atom stereocenters. The van der Waals surface area contributed by atoms with Crippen LogP contribution in [0.3, 0.4) is 0 Å². The summed E-state index contributed by atoms with van der Waals surface area (Å²) in [6.45, 7) is 2.30. The van der Waals surface area contributed by atoms with E-state index in [2.05, 4.69) is 10.3 Å². The zero-order valence-corrected chi connectivity index (χ0v) is 23.7. The van der Waals surface area contributed by atoms with E-state index in [-0.39, 0.29) is 18.1 Å². The number of fused-ring (bicyclic) bond motifs is 1. The predicted molar refractivity (Wildman–Crippen MR) is 157 cm³/mol. The topological polar surface area (TPSA) is 109 Å². The molecular formula is C33H30N2O7. The average Bonchev–Trinajstić information content (AvgIpc) is 3.63. The number of pyridine rings is 1. The van der Waals surface area contributed by atoms with Gasteiger partial charge in [0.1, 0.15) is 11.5 Å². The number of ether oxygens (including phenoxy) is 4. The first-order valence-corrected chi connectivity index (χ1v) is 13.2. The molecule has 0 saturated heterocycles. The first-order chi connectivity index (χ1) is 20.4. The molecule has 1 N–H and O–H groups in total. The molecule has 0 atom stereocenters. The van der Waals surface area contributed by atoms with E-state index in [9.17, 15) is 9.59 Å². The van der Waals surface area contributed by atoms with Crippen molar-refractivity contribution in [3.63, 3.8) is 0 Å². The maximum atomic E-state index is 12.9. The molecule has 0 radical (unpaired) electrons. The Bertz CT molecular complexity index is 1650. The quantitative estimate of drug-likeness (QED) is 0.185. The first-order valence-electron chi connectivity index (χ1n) is 13.2. The number of carbonyl (C=O) groups excluding carboxylic acids is 2. The van der Waals surface area contributed by atoms with Crippen LogP contribution in [-0.2, 0) is 11.3 Å². The van der Waals surface area contributed by atoms with E-state index in [0.717, 1.165) is 33.4 Å². The SMILES string of the molecule is COc1ccc2c(c1)C(CC(=O)NCc1ccco1)=C(C)C2=Cc1cc(OC)c(OC(=O)c2cccnc2)c(OC)c1. The summed E-state index contributed by atoms with van der Waals surface area (Å²) in [5.74, 6) is 1.47. The van der Waals surface area contributed by atoms with Crippen molar-refractivity contribution in [1.82, 2.24) is 10.3 Å². The monoisotopic (exact) mass is 566 g/mol. The number of rotatable bonds is 10. The van der Waals surface area contributed by atoms with Crippen molar-refractivity contribution < 1.29 is 33.0 Å². The van der Waals surface area contributed by atoms with Gasteiger partial charge in [0.05, 0.1) is 46.1 Å². The normalized spacial score (nSPS) is 13.1. The minimum Gasteiger partial charge on any atom is -0.497 e. The number of nitrogens with zero attached hydrogens (tertiary/aromatic N) is 1. The Morgan fingerprint density at radius 2 is 1.74 bits per heavy atom. The van der Waals surface area contributed by atoms with E-state index in [1.54, 1.807) is 49.9 Å². The van der Waals surface area contributed by atoms with Crippen LogP contribution in [0.2, 0.25) is 0 Å². The fourth-order valence-corrected chi connectivity index (χ4v) is 4.82. The van der Waals surface area contributed by atoms with Crippen LogP contribution in [0, 0.1) is 0 Å². The summed E-state index contributed by atoms with van der Waals surface area (Å²) in [6, 6.07) is 16.2. The maximum absolute atomic E-state index is 12.9. The average molecular weight is 567 g/mol. The third-order valence-electron chi connectivity index (χ3n) is 6.96. The van der Waals surface area contributed by atoms with E-state index >= 15 is 0 Å². The van der Waals surface area contributed by atoms with Gasteiger partial charge >= 0.3 is 5.97 Å². The minimum atomic E-state index is -0.585. The Hall–Kier alpha value is -5.31. The second-order valence-corrected chi connectivity index (χ2v) is 9.49. The number of hydrogen-bond donors (Lipinski definition) is 1. The number of allylic oxidation sites excluding steroid dienone is 2. The van der Waals surface area contributed by atoms with Gasteiger partial charge in [0.15, 0.2) is 11.5 Å². The molecule has 214 valence electrons. The third kappa shape index (κ3) is 5.90. The number of furan rings is 1. The highest BCUT2D eigenvalue weighted by atomic mass is 16.6. The summed E-state index contributed by atoms with van der Waals surface area (Å²) in [6.07, 6.45) is 6.75. The van der Waals surface area contributed by atoms with Crippen LogP contribution in [0.15, 0.2) is 83.2 Å². The van der Waals surface area contributed by atoms with Crippen LogP contribution < -0.4 is 24.3 Å². The highest BCUT2D eigenvalue weighted by Crippen LogP contribution is 2.46. The molecule has 0 spiro atoms. The summed E-state index contributed by atoms with van der Waals surface area (Å²) in [7, 11) is 4.60. The van der Waals surface area contributed by atoms with Crippen LogP contribution in [0.1, 0.15) is 46.2 Å². The molecule has 2 heterocycles. The van der Waals surface area contributed by atoms with Crippen molar-refractivity contribution in [1.29, 1.82) is 0 Å². The smallest absolute Gasteiger partial charge is 0.345 e. The van der Waals surface area contributed by atoms with E-state index in [1.165, 1.54) is 20.4 Å². The summed E-state index contributed by atoms with van der Waals surface area (Å²) in [5.41, 5.74) is 5.73. The molecular weight excluding hydrogens is 536 g/mol. The van der Waals surface area contributed by atoms with Crippen LogP contribution in [0.25, 0.3) is 17.2 Å². The molecule has 0 aliphatic heterocycles. The van der Waals surface area contributed by atoms with Gasteiger partial charge in [-0.3, -0.25) is 9.78 Å². The summed E-state index contributed by atoms with van der Waals surface area (Å²) >= 11 is 0. The van der Waals surface area contributed by atoms with Gasteiger partial charge in [-0.2, -0.15) is 0 Å². The number of amides is 1. The van der Waals surface area contributed by atoms with Crippen molar-refractivity contribution in [2.24, 2.45) is 0 Å². The fraction of sp³-hybridized carbons (Fsp3) is 0.182. The lowest BCUT2D eigenvalue weighted by atomic mass is 10.00. The number of carbonyl (C=O) groups is 2. The lowest BCUT2D eigenvalue weighted by Gasteiger charge is -2.15. The molecule has 9 heteroatoms. The highest BCUT2D eigenvalue weighted by molar-refractivity contribution is 6.08. The molecule has 9 nitrogen and oxygen atoms in total. The molecule has 1 aliphatic rings. The van der Waals surface area contributed by atoms with Crippen molar-refractivity contribution in [3.05, 3.63) is 107 Å². The molecule has 2 aromatic carbocycles. The Kier molecular flexibility index (Phi) is 8.38. The van der Waals surface area contributed by atoms with Gasteiger partial charge in [-0.15, -0.1) is 0 Å². The molecule has 2 aromatic heterocycles. The molecule has 0 bridgehead atoms. The maximum Gasteiger partial charge on any atom is 0.345 e. The van der Waals surface area contributed by atoms with Crippen molar-refractivity contribution in [3.8, 4) is 23.0 Å². The predicted octanol–water partition coefficient (Wildman–Crippen LogP) is 5.95. The van der Waals surface area contributed by atoms with E-state index in [0.29, 0.717) is 35.1 Å². The number of benzene rings is 2. The van der Waals surface area contributed by atoms with Gasteiger partial charge in [-0.05, 0) is 94.9 Å². The zero-order valence-electron chi connectivity index (χ0n) is 23.7. The van der Waals surface area contributed by atoms with Gasteiger partial charge in [0.25, 0.3) is 0 Å². The fourth-order valence-electron chi connectivity index (χ4n) is 4.82. The summed E-state index contributed by atoms with van der Waals surface area (Å²) in [5, 5.41) is 2.92. The van der Waals surface area contributed by atoms with Crippen molar-refractivity contribution in [2.75, 3.05) is 21.3 Å². The number of nitrogens with one attached hydrogen (secondary N) is 1. The van der Waals surface area contributed by atoms with E-state index < -0.39 is 5.97 Å². The zero-order chi connectivity index (χ0) is 29.6. The molecule has 1 amide bonds. The summed E-state index contributed by atoms with van der Waals surface area (Å²) < 4.78 is 27.7. The lowest BCUT2D eigenvalue weighted by molar-refractivity contribution is -0.120. The van der Waals surface area contributed by atoms with Crippen molar-refractivity contribution >= 4 is 29.1 Å². The first kappa shape index (κ1) is 28.2. The second kappa shape index (κ2) is 12.5. The number of esters is 1. The molecule has 0 fully saturated rings. The minimum absolute atomic E-state index is 0.126. The van der Waals surface area contributed by atoms with Crippen molar-refractivity contribution in [2.45, 2.75) is 19.9 Å². The van der Waals surface area contributed by atoms with E-state index in [4.69, 9.17) is 23.4 Å². The number of hydrogen-bond acceptors (Lipinski definition) is 8. The summed E-state index contributed by atoms with van der Waals surface area (Å²) in [4.78, 5) is 29.7. The van der Waals surface area contributed by atoms with Gasteiger partial charge < -0.3 is 28.7 Å². The van der Waals surface area contributed by atoms with Gasteiger partial charge in [0.2, 0.25) is 11.7 Å².